The molecule has 194 valence electrons. The second-order valence-electron chi connectivity index (χ2n) is 9.27. The third-order valence-corrected chi connectivity index (χ3v) is 9.77. The van der Waals surface area contributed by atoms with Crippen molar-refractivity contribution >= 4 is 27.2 Å². The van der Waals surface area contributed by atoms with Gasteiger partial charge in [0, 0.05) is 22.6 Å². The molecule has 37 heavy (non-hydrogen) atoms. The van der Waals surface area contributed by atoms with Crippen molar-refractivity contribution in [2.45, 2.75) is 41.7 Å². The Morgan fingerprint density at radius 2 is 1.76 bits per heavy atom. The zero-order chi connectivity index (χ0) is 26.6. The van der Waals surface area contributed by atoms with E-state index in [0.29, 0.717) is 35.8 Å². The quantitative estimate of drug-likeness (QED) is 0.209. The van der Waals surface area contributed by atoms with E-state index in [2.05, 4.69) is 6.58 Å². The van der Waals surface area contributed by atoms with Crippen LogP contribution in [0.1, 0.15) is 48.0 Å². The van der Waals surface area contributed by atoms with Gasteiger partial charge < -0.3 is 4.74 Å². The van der Waals surface area contributed by atoms with Crippen molar-refractivity contribution in [1.29, 1.82) is 0 Å². The van der Waals surface area contributed by atoms with Gasteiger partial charge in [-0.05, 0) is 86.2 Å². The Hall–Kier alpha value is -3.03. The van der Waals surface area contributed by atoms with Crippen molar-refractivity contribution in [3.63, 3.8) is 0 Å². The van der Waals surface area contributed by atoms with Crippen LogP contribution < -0.4 is 4.74 Å². The number of rotatable bonds is 9. The summed E-state index contributed by atoms with van der Waals surface area (Å²) < 4.78 is 61.0. The van der Waals surface area contributed by atoms with Gasteiger partial charge >= 0.3 is 0 Å². The van der Waals surface area contributed by atoms with Crippen LogP contribution in [0.5, 0.6) is 5.75 Å². The van der Waals surface area contributed by atoms with E-state index in [1.54, 1.807) is 30.3 Å². The minimum absolute atomic E-state index is 0.00794. The lowest BCUT2D eigenvalue weighted by Gasteiger charge is -2.40. The van der Waals surface area contributed by atoms with E-state index in [0.717, 1.165) is 18.2 Å². The van der Waals surface area contributed by atoms with Crippen LogP contribution >= 0.6 is 11.6 Å². The molecule has 1 fully saturated rings. The molecule has 0 bridgehead atoms. The van der Waals surface area contributed by atoms with Crippen LogP contribution in [0.4, 0.5) is 8.78 Å². The van der Waals surface area contributed by atoms with E-state index in [4.69, 9.17) is 16.3 Å². The molecule has 0 heterocycles. The summed E-state index contributed by atoms with van der Waals surface area (Å²) in [6.45, 7) is 3.93. The fraction of sp³-hybridized carbons (Fsp3) is 0.276. The highest BCUT2D eigenvalue weighted by atomic mass is 35.5. The van der Waals surface area contributed by atoms with E-state index in [-0.39, 0.29) is 41.4 Å². The summed E-state index contributed by atoms with van der Waals surface area (Å²) in [5.74, 6) is -1.11. The second kappa shape index (κ2) is 11.2. The van der Waals surface area contributed by atoms with Gasteiger partial charge in [-0.1, -0.05) is 36.4 Å². The van der Waals surface area contributed by atoms with Crippen LogP contribution in [0.2, 0.25) is 5.02 Å². The van der Waals surface area contributed by atoms with Gasteiger partial charge in [-0.25, -0.2) is 17.2 Å². The van der Waals surface area contributed by atoms with Gasteiger partial charge in [0.15, 0.2) is 15.6 Å². The molecule has 0 radical (unpaired) electrons. The third-order valence-electron chi connectivity index (χ3n) is 6.97. The third kappa shape index (κ3) is 5.63. The number of halogens is 3. The Labute approximate surface area is 220 Å². The van der Waals surface area contributed by atoms with E-state index >= 15 is 4.39 Å². The lowest BCUT2D eigenvalue weighted by atomic mass is 9.75. The highest BCUT2D eigenvalue weighted by Gasteiger charge is 2.50. The Morgan fingerprint density at radius 3 is 2.43 bits per heavy atom. The summed E-state index contributed by atoms with van der Waals surface area (Å²) in [4.78, 5) is 13.0. The number of ether oxygens (including phenoxy) is 1. The molecule has 3 aromatic rings. The average molecular weight is 545 g/mol. The topological polar surface area (TPSA) is 60.4 Å². The number of hydrogen-bond acceptors (Lipinski definition) is 4. The van der Waals surface area contributed by atoms with Crippen molar-refractivity contribution < 1.29 is 26.7 Å². The molecule has 1 aliphatic rings. The molecule has 3 aromatic carbocycles. The van der Waals surface area contributed by atoms with E-state index in [1.807, 2.05) is 0 Å². The zero-order valence-electron chi connectivity index (χ0n) is 20.1. The van der Waals surface area contributed by atoms with Crippen LogP contribution in [-0.2, 0) is 14.6 Å². The minimum atomic E-state index is -4.13. The smallest absolute Gasteiger partial charge is 0.188 e. The first-order valence-electron chi connectivity index (χ1n) is 12.0. The second-order valence-corrected chi connectivity index (χ2v) is 12.0. The van der Waals surface area contributed by atoms with Crippen molar-refractivity contribution in [2.24, 2.45) is 5.92 Å². The molecular weight excluding hydrogens is 518 g/mol. The first-order valence-corrected chi connectivity index (χ1v) is 13.8. The van der Waals surface area contributed by atoms with E-state index in [9.17, 15) is 17.6 Å². The fourth-order valence-corrected chi connectivity index (χ4v) is 7.30. The molecule has 0 N–H and O–H groups in total. The van der Waals surface area contributed by atoms with Gasteiger partial charge in [-0.2, -0.15) is 0 Å². The van der Waals surface area contributed by atoms with Gasteiger partial charge in [0.05, 0.1) is 4.90 Å². The molecule has 4 rings (SSSR count). The molecule has 0 aliphatic heterocycles. The molecule has 0 amide bonds. The minimum Gasteiger partial charge on any atom is -0.490 e. The summed E-state index contributed by atoms with van der Waals surface area (Å²) in [6.07, 6.45) is 2.66. The summed E-state index contributed by atoms with van der Waals surface area (Å²) >= 11 is 5.95. The van der Waals surface area contributed by atoms with E-state index < -0.39 is 26.2 Å². The fourth-order valence-electron chi connectivity index (χ4n) is 5.01. The van der Waals surface area contributed by atoms with Crippen LogP contribution in [0, 0.1) is 17.6 Å². The Balaban J connectivity index is 1.60. The van der Waals surface area contributed by atoms with Crippen LogP contribution in [0.15, 0.2) is 84.3 Å². The zero-order valence-corrected chi connectivity index (χ0v) is 21.7. The standard InChI is InChI=1S/C29H27ClF2O4S/c1-2-16-36-24-5-3-4-21(18-24)28(33)17-20-12-14-29(15-13-20,26-19-23(31)8-11-27(26)32)37(34,35)25-9-6-22(30)7-10-25/h2-11,18-20H,1,12-17H2. The first kappa shape index (κ1) is 27.0. The van der Waals surface area contributed by atoms with Crippen LogP contribution in [0.3, 0.4) is 0 Å². The van der Waals surface area contributed by atoms with Crippen LogP contribution in [0.25, 0.3) is 0 Å². The maximum atomic E-state index is 15.0. The molecular formula is C29H27ClF2O4S. The van der Waals surface area contributed by atoms with Crippen molar-refractivity contribution in [3.05, 3.63) is 107 Å². The molecule has 0 saturated heterocycles. The number of ketones is 1. The Morgan fingerprint density at radius 1 is 1.05 bits per heavy atom. The largest absolute Gasteiger partial charge is 0.490 e. The molecule has 0 atom stereocenters. The van der Waals surface area contributed by atoms with Gasteiger partial charge in [0.25, 0.3) is 0 Å². The highest BCUT2D eigenvalue weighted by Crippen LogP contribution is 2.50. The highest BCUT2D eigenvalue weighted by molar-refractivity contribution is 7.92. The normalized spacial score (nSPS) is 19.8. The number of benzene rings is 3. The van der Waals surface area contributed by atoms with E-state index in [1.165, 1.54) is 24.3 Å². The maximum Gasteiger partial charge on any atom is 0.188 e. The summed E-state index contributed by atoms with van der Waals surface area (Å²) in [5, 5.41) is 0.367. The van der Waals surface area contributed by atoms with Gasteiger partial charge in [-0.15, -0.1) is 0 Å². The Bertz CT molecular complexity index is 1400. The number of sulfone groups is 1. The molecule has 1 saturated carbocycles. The molecule has 0 unspecified atom stereocenters. The number of Topliss-reactive ketones (excluding diaryl/α,β-unsaturated/α-hetero) is 1. The number of hydrogen-bond donors (Lipinski definition) is 0. The first-order chi connectivity index (χ1) is 17.7. The Kier molecular flexibility index (Phi) is 8.14. The summed E-state index contributed by atoms with van der Waals surface area (Å²) in [7, 11) is -4.13. The molecule has 4 nitrogen and oxygen atoms in total. The molecule has 0 aromatic heterocycles. The van der Waals surface area contributed by atoms with Crippen LogP contribution in [-0.4, -0.2) is 20.8 Å². The predicted molar refractivity (Wildman–Crippen MR) is 140 cm³/mol. The van der Waals surface area contributed by atoms with Crippen molar-refractivity contribution in [2.75, 3.05) is 6.61 Å². The number of carbonyl (C=O) groups excluding carboxylic acids is 1. The van der Waals surface area contributed by atoms with Gasteiger partial charge in [0.1, 0.15) is 28.7 Å². The monoisotopic (exact) mass is 544 g/mol. The summed E-state index contributed by atoms with van der Waals surface area (Å²) in [6, 6.07) is 15.5. The summed E-state index contributed by atoms with van der Waals surface area (Å²) in [5.41, 5.74) is 0.322. The van der Waals surface area contributed by atoms with Gasteiger partial charge in [0.2, 0.25) is 0 Å². The lowest BCUT2D eigenvalue weighted by molar-refractivity contribution is 0.0944. The average Bonchev–Trinajstić information content (AvgIpc) is 2.89. The predicted octanol–water partition coefficient (Wildman–Crippen LogP) is 7.32. The molecule has 1 aliphatic carbocycles. The molecule has 0 spiro atoms. The van der Waals surface area contributed by atoms with Gasteiger partial charge in [-0.3, -0.25) is 4.79 Å². The maximum absolute atomic E-state index is 15.0. The van der Waals surface area contributed by atoms with Crippen molar-refractivity contribution in [1.82, 2.24) is 0 Å². The molecule has 8 heteroatoms. The van der Waals surface area contributed by atoms with Crippen molar-refractivity contribution in [3.8, 4) is 5.75 Å². The number of carbonyl (C=O) groups is 1. The SMILES string of the molecule is C=CCOc1cccc(C(=O)CC2CCC(c3cc(F)ccc3F)(S(=O)(=O)c3ccc(Cl)cc3)CC2)c1. The lowest BCUT2D eigenvalue weighted by Crippen LogP contribution is -2.41.